The third-order valence-corrected chi connectivity index (χ3v) is 1.36. The quantitative estimate of drug-likeness (QED) is 0.531. The van der Waals surface area contributed by atoms with Gasteiger partial charge in [-0.3, -0.25) is 4.79 Å². The van der Waals surface area contributed by atoms with E-state index in [1.54, 1.807) is 0 Å². The van der Waals surface area contributed by atoms with Gasteiger partial charge in [0.25, 0.3) is 0 Å². The molecule has 0 saturated carbocycles. The van der Waals surface area contributed by atoms with Crippen molar-refractivity contribution in [2.45, 2.75) is 0 Å². The Labute approximate surface area is 59.9 Å². The van der Waals surface area contributed by atoms with Crippen molar-refractivity contribution in [2.75, 3.05) is 12.8 Å². The Balaban J connectivity index is 3.67. The van der Waals surface area contributed by atoms with Crippen molar-refractivity contribution in [3.63, 3.8) is 0 Å². The number of hydrogen-bond acceptors (Lipinski definition) is 3. The highest BCUT2D eigenvalue weighted by molar-refractivity contribution is 7.88. The molecule has 0 aromatic carbocycles. The highest BCUT2D eigenvalue weighted by Gasteiger charge is 2.02. The van der Waals surface area contributed by atoms with Gasteiger partial charge in [-0.15, -0.1) is 0 Å². The lowest BCUT2D eigenvalue weighted by Crippen LogP contribution is -2.33. The van der Waals surface area contributed by atoms with Crippen LogP contribution in [0.1, 0.15) is 0 Å². The second kappa shape index (κ2) is 3.52. The van der Waals surface area contributed by atoms with E-state index >= 15 is 0 Å². The number of carbonyl (C=O) groups is 1. The number of carbonyl (C=O) groups excluding carboxylic acids is 1. The Bertz CT molecular complexity index is 209. The lowest BCUT2D eigenvalue weighted by molar-refractivity contribution is -0.119. The monoisotopic (exact) mass is 165 g/mol. The van der Waals surface area contributed by atoms with Crippen molar-refractivity contribution in [3.8, 4) is 0 Å². The Kier molecular flexibility index (Phi) is 3.31. The number of nitrogens with one attached hydrogen (secondary N) is 2. The molecule has 10 heavy (non-hydrogen) atoms. The summed E-state index contributed by atoms with van der Waals surface area (Å²) in [5, 5.41) is 2.02. The van der Waals surface area contributed by atoms with Gasteiger partial charge in [0.05, 0.1) is 12.8 Å². The predicted octanol–water partition coefficient (Wildman–Crippen LogP) is -1.56. The zero-order chi connectivity index (χ0) is 8.20. The molecular formula is C4H9N2O3S. The molecule has 59 valence electrons. The first-order chi connectivity index (χ1) is 4.45. The van der Waals surface area contributed by atoms with Gasteiger partial charge in [0.1, 0.15) is 0 Å². The van der Waals surface area contributed by atoms with E-state index in [-0.39, 0.29) is 6.54 Å². The molecule has 0 aliphatic heterocycles. The zero-order valence-electron chi connectivity index (χ0n) is 5.55. The minimum absolute atomic E-state index is 0.262. The lowest BCUT2D eigenvalue weighted by atomic mass is 10.6. The molecule has 0 fully saturated rings. The van der Waals surface area contributed by atoms with E-state index in [1.165, 1.54) is 0 Å². The molecule has 0 atom stereocenters. The van der Waals surface area contributed by atoms with Crippen LogP contribution in [0.5, 0.6) is 0 Å². The van der Waals surface area contributed by atoms with E-state index in [9.17, 15) is 13.2 Å². The van der Waals surface area contributed by atoms with E-state index in [1.807, 2.05) is 10.0 Å². The summed E-state index contributed by atoms with van der Waals surface area (Å²) in [4.78, 5) is 10.4. The molecule has 0 aromatic heterocycles. The van der Waals surface area contributed by atoms with Gasteiger partial charge >= 0.3 is 0 Å². The molecule has 2 N–H and O–H groups in total. The standard InChI is InChI=1S/C4H9N2O3S/c1-5-4(7)3-6-10(2,8)9/h6H,1,3H2,2H3,(H,5,7). The molecule has 1 radical (unpaired) electrons. The smallest absolute Gasteiger partial charge is 0.235 e. The summed E-state index contributed by atoms with van der Waals surface area (Å²) in [5.41, 5.74) is 0. The fourth-order valence-electron chi connectivity index (χ4n) is 0.259. The van der Waals surface area contributed by atoms with Crippen molar-refractivity contribution in [2.24, 2.45) is 0 Å². The first-order valence-electron chi connectivity index (χ1n) is 2.46. The summed E-state index contributed by atoms with van der Waals surface area (Å²) in [6.07, 6.45) is 0.976. The molecule has 0 aliphatic carbocycles. The molecular weight excluding hydrogens is 156 g/mol. The first kappa shape index (κ1) is 9.38. The van der Waals surface area contributed by atoms with E-state index < -0.39 is 15.9 Å². The maximum atomic E-state index is 10.4. The van der Waals surface area contributed by atoms with Gasteiger partial charge in [0, 0.05) is 7.05 Å². The third-order valence-electron chi connectivity index (χ3n) is 0.692. The molecule has 0 aromatic rings. The first-order valence-corrected chi connectivity index (χ1v) is 4.35. The number of rotatable bonds is 3. The third kappa shape index (κ3) is 5.52. The Hall–Kier alpha value is -0.620. The Morgan fingerprint density at radius 3 is 2.40 bits per heavy atom. The van der Waals surface area contributed by atoms with Crippen molar-refractivity contribution in [1.29, 1.82) is 0 Å². The normalized spacial score (nSPS) is 11.0. The summed E-state index contributed by atoms with van der Waals surface area (Å²) in [5.74, 6) is -0.467. The number of sulfonamides is 1. The van der Waals surface area contributed by atoms with Crippen molar-refractivity contribution < 1.29 is 13.2 Å². The van der Waals surface area contributed by atoms with Gasteiger partial charge in [0.2, 0.25) is 15.9 Å². The largest absolute Gasteiger partial charge is 0.353 e. The van der Waals surface area contributed by atoms with Crippen LogP contribution >= 0.6 is 0 Å². The second-order valence-electron chi connectivity index (χ2n) is 1.69. The number of amides is 1. The Morgan fingerprint density at radius 1 is 1.60 bits per heavy atom. The molecule has 5 nitrogen and oxygen atoms in total. The SMILES string of the molecule is [CH2]NC(=O)CNS(C)(=O)=O. The molecule has 0 unspecified atom stereocenters. The molecule has 0 rings (SSSR count). The van der Waals surface area contributed by atoms with Crippen LogP contribution in [0.15, 0.2) is 0 Å². The summed E-state index contributed by atoms with van der Waals surface area (Å²) >= 11 is 0. The summed E-state index contributed by atoms with van der Waals surface area (Å²) in [6.45, 7) is -0.262. The summed E-state index contributed by atoms with van der Waals surface area (Å²) < 4.78 is 22.7. The molecule has 0 spiro atoms. The van der Waals surface area contributed by atoms with Crippen LogP contribution in [0.3, 0.4) is 0 Å². The van der Waals surface area contributed by atoms with Crippen LogP contribution < -0.4 is 10.0 Å². The fourth-order valence-corrected chi connectivity index (χ4v) is 0.652. The highest BCUT2D eigenvalue weighted by atomic mass is 32.2. The van der Waals surface area contributed by atoms with Crippen molar-refractivity contribution in [1.82, 2.24) is 10.0 Å². The van der Waals surface area contributed by atoms with E-state index in [0.717, 1.165) is 6.26 Å². The zero-order valence-corrected chi connectivity index (χ0v) is 6.36. The maximum absolute atomic E-state index is 10.4. The fraction of sp³-hybridized carbons (Fsp3) is 0.500. The van der Waals surface area contributed by atoms with Gasteiger partial charge in [0.15, 0.2) is 0 Å². The molecule has 0 bridgehead atoms. The van der Waals surface area contributed by atoms with Crippen LogP contribution in [0.25, 0.3) is 0 Å². The summed E-state index contributed by atoms with van der Waals surface area (Å²) in [7, 11) is -0.216. The average Bonchev–Trinajstić information content (AvgIpc) is 1.81. The average molecular weight is 165 g/mol. The van der Waals surface area contributed by atoms with Crippen LogP contribution in [-0.2, 0) is 14.8 Å². The van der Waals surface area contributed by atoms with E-state index in [4.69, 9.17) is 0 Å². The summed E-state index contributed by atoms with van der Waals surface area (Å²) in [6, 6.07) is 0. The minimum Gasteiger partial charge on any atom is -0.353 e. The van der Waals surface area contributed by atoms with Gasteiger partial charge in [-0.1, -0.05) is 0 Å². The highest BCUT2D eigenvalue weighted by Crippen LogP contribution is 1.71. The minimum atomic E-state index is -3.27. The van der Waals surface area contributed by atoms with Crippen LogP contribution in [0.4, 0.5) is 0 Å². The molecule has 0 aliphatic rings. The van der Waals surface area contributed by atoms with Gasteiger partial charge in [-0.05, 0) is 0 Å². The van der Waals surface area contributed by atoms with Gasteiger partial charge in [-0.25, -0.2) is 13.1 Å². The van der Waals surface area contributed by atoms with Crippen LogP contribution in [0.2, 0.25) is 0 Å². The van der Waals surface area contributed by atoms with Crippen LogP contribution in [-0.4, -0.2) is 27.1 Å². The molecule has 6 heteroatoms. The van der Waals surface area contributed by atoms with E-state index in [2.05, 4.69) is 7.05 Å². The van der Waals surface area contributed by atoms with Crippen molar-refractivity contribution >= 4 is 15.9 Å². The second-order valence-corrected chi connectivity index (χ2v) is 3.53. The molecule has 0 saturated heterocycles. The van der Waals surface area contributed by atoms with Gasteiger partial charge in [-0.2, -0.15) is 0 Å². The maximum Gasteiger partial charge on any atom is 0.235 e. The predicted molar refractivity (Wildman–Crippen MR) is 36.3 cm³/mol. The number of hydrogen-bond donors (Lipinski definition) is 2. The lowest BCUT2D eigenvalue weighted by Gasteiger charge is -1.98. The van der Waals surface area contributed by atoms with E-state index in [0.29, 0.717) is 0 Å². The topological polar surface area (TPSA) is 75.3 Å². The molecule has 0 heterocycles. The van der Waals surface area contributed by atoms with Crippen LogP contribution in [0, 0.1) is 7.05 Å². The molecule has 1 amide bonds. The Morgan fingerprint density at radius 2 is 2.10 bits per heavy atom. The van der Waals surface area contributed by atoms with Crippen molar-refractivity contribution in [3.05, 3.63) is 7.05 Å². The van der Waals surface area contributed by atoms with Gasteiger partial charge < -0.3 is 5.32 Å².